The zero-order valence-corrected chi connectivity index (χ0v) is 15.1. The van der Waals surface area contributed by atoms with Gasteiger partial charge in [-0.1, -0.05) is 39.0 Å². The van der Waals surface area contributed by atoms with E-state index < -0.39 is 0 Å². The van der Waals surface area contributed by atoms with Crippen LogP contribution in [-0.4, -0.2) is 26.6 Å². The van der Waals surface area contributed by atoms with E-state index in [1.165, 1.54) is 0 Å². The molecule has 0 radical (unpaired) electrons. The largest absolute Gasteiger partial charge is 0.483 e. The summed E-state index contributed by atoms with van der Waals surface area (Å²) in [5.74, 6) is 0.583. The summed E-state index contributed by atoms with van der Waals surface area (Å²) in [6.45, 7) is 6.37. The first-order valence-electron chi connectivity index (χ1n) is 8.07. The second-order valence-electron chi connectivity index (χ2n) is 7.02. The number of para-hydroxylation sites is 1. The van der Waals surface area contributed by atoms with E-state index in [9.17, 15) is 4.79 Å². The summed E-state index contributed by atoms with van der Waals surface area (Å²) in [5.41, 5.74) is 2.91. The average Bonchev–Trinajstić information content (AvgIpc) is 2.53. The Bertz CT molecular complexity index is 686. The molecule has 2 aromatic rings. The van der Waals surface area contributed by atoms with Crippen molar-refractivity contribution < 1.29 is 9.53 Å². The highest BCUT2D eigenvalue weighted by Gasteiger charge is 2.18. The Morgan fingerprint density at radius 3 is 2.25 bits per heavy atom. The van der Waals surface area contributed by atoms with Gasteiger partial charge in [0.2, 0.25) is 0 Å². The maximum atomic E-state index is 12.1. The topological polar surface area (TPSA) is 41.6 Å². The van der Waals surface area contributed by atoms with Gasteiger partial charge in [0.15, 0.2) is 6.61 Å². The molecule has 0 heterocycles. The lowest BCUT2D eigenvalue weighted by atomic mass is 9.86. The molecular weight excluding hydrogens is 300 g/mol. The van der Waals surface area contributed by atoms with E-state index in [1.807, 2.05) is 67.5 Å². The molecule has 4 nitrogen and oxygen atoms in total. The molecule has 2 rings (SSSR count). The number of rotatable bonds is 5. The Morgan fingerprint density at radius 2 is 1.67 bits per heavy atom. The van der Waals surface area contributed by atoms with Gasteiger partial charge in [-0.05, 0) is 41.3 Å². The predicted molar refractivity (Wildman–Crippen MR) is 100 cm³/mol. The summed E-state index contributed by atoms with van der Waals surface area (Å²) >= 11 is 0. The normalized spacial score (nSPS) is 11.0. The monoisotopic (exact) mass is 326 g/mol. The minimum Gasteiger partial charge on any atom is -0.483 e. The van der Waals surface area contributed by atoms with Crippen LogP contribution in [0.4, 0.5) is 11.4 Å². The molecule has 0 fully saturated rings. The van der Waals surface area contributed by atoms with Crippen LogP contribution in [0.1, 0.15) is 26.3 Å². The SMILES string of the molecule is CN(C)c1ccc(NC(=O)COc2ccccc2C(C)(C)C)cc1. The van der Waals surface area contributed by atoms with Crippen LogP contribution in [0.5, 0.6) is 5.75 Å². The van der Waals surface area contributed by atoms with E-state index in [-0.39, 0.29) is 17.9 Å². The average molecular weight is 326 g/mol. The minimum atomic E-state index is -0.170. The van der Waals surface area contributed by atoms with Gasteiger partial charge in [-0.3, -0.25) is 4.79 Å². The zero-order valence-electron chi connectivity index (χ0n) is 15.1. The lowest BCUT2D eigenvalue weighted by Crippen LogP contribution is -2.22. The standard InChI is InChI=1S/C20H26N2O2/c1-20(2,3)17-8-6-7-9-18(17)24-14-19(23)21-15-10-12-16(13-11-15)22(4)5/h6-13H,14H2,1-5H3,(H,21,23). The van der Waals surface area contributed by atoms with Crippen LogP contribution in [0.25, 0.3) is 0 Å². The van der Waals surface area contributed by atoms with E-state index in [0.29, 0.717) is 0 Å². The number of hydrogen-bond acceptors (Lipinski definition) is 3. The molecule has 0 unspecified atom stereocenters. The molecule has 0 atom stereocenters. The number of carbonyl (C=O) groups excluding carboxylic acids is 1. The Morgan fingerprint density at radius 1 is 1.04 bits per heavy atom. The lowest BCUT2D eigenvalue weighted by molar-refractivity contribution is -0.118. The maximum absolute atomic E-state index is 12.1. The Hall–Kier alpha value is -2.49. The van der Waals surface area contributed by atoms with E-state index in [0.717, 1.165) is 22.7 Å². The van der Waals surface area contributed by atoms with E-state index in [2.05, 4.69) is 26.1 Å². The molecule has 24 heavy (non-hydrogen) atoms. The van der Waals surface area contributed by atoms with Crippen LogP contribution >= 0.6 is 0 Å². The van der Waals surface area contributed by atoms with E-state index >= 15 is 0 Å². The van der Waals surface area contributed by atoms with Crippen molar-refractivity contribution in [1.82, 2.24) is 0 Å². The van der Waals surface area contributed by atoms with Crippen molar-refractivity contribution in [2.45, 2.75) is 26.2 Å². The summed E-state index contributed by atoms with van der Waals surface area (Å²) in [6, 6.07) is 15.5. The Labute approximate surface area is 144 Å². The molecule has 1 N–H and O–H groups in total. The van der Waals surface area contributed by atoms with Crippen LogP contribution in [0.3, 0.4) is 0 Å². The first kappa shape index (κ1) is 17.9. The smallest absolute Gasteiger partial charge is 0.262 e. The molecule has 0 aromatic heterocycles. The van der Waals surface area contributed by atoms with Gasteiger partial charge in [0.05, 0.1) is 0 Å². The van der Waals surface area contributed by atoms with Gasteiger partial charge in [0, 0.05) is 25.5 Å². The summed E-state index contributed by atoms with van der Waals surface area (Å²) in [7, 11) is 3.96. The molecule has 0 aliphatic rings. The van der Waals surface area contributed by atoms with Crippen LogP contribution in [0.2, 0.25) is 0 Å². The third kappa shape index (κ3) is 4.75. The van der Waals surface area contributed by atoms with Crippen LogP contribution in [0, 0.1) is 0 Å². The summed E-state index contributed by atoms with van der Waals surface area (Å²) in [4.78, 5) is 14.1. The molecule has 4 heteroatoms. The second-order valence-corrected chi connectivity index (χ2v) is 7.02. The first-order chi connectivity index (χ1) is 11.3. The van der Waals surface area contributed by atoms with Crippen molar-refractivity contribution in [3.63, 3.8) is 0 Å². The predicted octanol–water partition coefficient (Wildman–Crippen LogP) is 4.07. The van der Waals surface area contributed by atoms with Crippen molar-refractivity contribution in [2.75, 3.05) is 30.9 Å². The minimum absolute atomic E-state index is 0.0114. The number of amides is 1. The number of carbonyl (C=O) groups is 1. The van der Waals surface area contributed by atoms with Gasteiger partial charge >= 0.3 is 0 Å². The number of benzene rings is 2. The van der Waals surface area contributed by atoms with Crippen molar-refractivity contribution in [2.24, 2.45) is 0 Å². The fraction of sp³-hybridized carbons (Fsp3) is 0.350. The summed E-state index contributed by atoms with van der Waals surface area (Å²) in [6.07, 6.45) is 0. The van der Waals surface area contributed by atoms with Gasteiger partial charge in [-0.25, -0.2) is 0 Å². The van der Waals surface area contributed by atoms with Crippen molar-refractivity contribution >= 4 is 17.3 Å². The number of anilines is 2. The number of hydrogen-bond donors (Lipinski definition) is 1. The third-order valence-electron chi connectivity index (χ3n) is 3.72. The van der Waals surface area contributed by atoms with Crippen LogP contribution in [-0.2, 0) is 10.2 Å². The van der Waals surface area contributed by atoms with Crippen molar-refractivity contribution in [3.05, 3.63) is 54.1 Å². The van der Waals surface area contributed by atoms with Gasteiger partial charge in [0.25, 0.3) is 5.91 Å². The quantitative estimate of drug-likeness (QED) is 0.900. The van der Waals surface area contributed by atoms with E-state index in [4.69, 9.17) is 4.74 Å². The molecule has 0 aliphatic heterocycles. The number of nitrogens with one attached hydrogen (secondary N) is 1. The molecule has 0 saturated heterocycles. The Balaban J connectivity index is 1.97. The molecule has 0 bridgehead atoms. The number of nitrogens with zero attached hydrogens (tertiary/aromatic N) is 1. The van der Waals surface area contributed by atoms with Crippen LogP contribution < -0.4 is 15.0 Å². The van der Waals surface area contributed by atoms with Gasteiger partial charge in [-0.15, -0.1) is 0 Å². The first-order valence-corrected chi connectivity index (χ1v) is 8.07. The second kappa shape index (κ2) is 7.39. The fourth-order valence-electron chi connectivity index (χ4n) is 2.40. The lowest BCUT2D eigenvalue weighted by Gasteiger charge is -2.22. The highest BCUT2D eigenvalue weighted by molar-refractivity contribution is 5.92. The molecule has 0 saturated carbocycles. The fourth-order valence-corrected chi connectivity index (χ4v) is 2.40. The third-order valence-corrected chi connectivity index (χ3v) is 3.72. The van der Waals surface area contributed by atoms with E-state index in [1.54, 1.807) is 0 Å². The molecular formula is C20H26N2O2. The highest BCUT2D eigenvalue weighted by Crippen LogP contribution is 2.30. The van der Waals surface area contributed by atoms with Gasteiger partial charge in [-0.2, -0.15) is 0 Å². The van der Waals surface area contributed by atoms with Crippen molar-refractivity contribution in [3.8, 4) is 5.75 Å². The number of ether oxygens (including phenoxy) is 1. The molecule has 0 aliphatic carbocycles. The molecule has 2 aromatic carbocycles. The summed E-state index contributed by atoms with van der Waals surface area (Å²) < 4.78 is 5.74. The maximum Gasteiger partial charge on any atom is 0.262 e. The van der Waals surface area contributed by atoms with Gasteiger partial charge in [0.1, 0.15) is 5.75 Å². The van der Waals surface area contributed by atoms with Gasteiger partial charge < -0.3 is 15.0 Å². The highest BCUT2D eigenvalue weighted by atomic mass is 16.5. The van der Waals surface area contributed by atoms with Crippen molar-refractivity contribution in [1.29, 1.82) is 0 Å². The Kier molecular flexibility index (Phi) is 5.50. The zero-order chi connectivity index (χ0) is 17.7. The van der Waals surface area contributed by atoms with Crippen LogP contribution in [0.15, 0.2) is 48.5 Å². The summed E-state index contributed by atoms with van der Waals surface area (Å²) in [5, 5.41) is 2.85. The molecule has 0 spiro atoms. The molecule has 1 amide bonds. The molecule has 128 valence electrons.